The van der Waals surface area contributed by atoms with Crippen molar-refractivity contribution in [2.75, 3.05) is 13.2 Å². The van der Waals surface area contributed by atoms with E-state index in [4.69, 9.17) is 16.7 Å². The summed E-state index contributed by atoms with van der Waals surface area (Å²) in [5.41, 5.74) is 3.50. The highest BCUT2D eigenvalue weighted by Gasteiger charge is 2.31. The highest BCUT2D eigenvalue weighted by atomic mass is 35.5. The van der Waals surface area contributed by atoms with Crippen LogP contribution in [0.5, 0.6) is 0 Å². The molecular formula is C18H16ClNO2. The van der Waals surface area contributed by atoms with Crippen LogP contribution >= 0.6 is 11.6 Å². The summed E-state index contributed by atoms with van der Waals surface area (Å²) >= 11 is 5.92. The number of fused-ring (bicyclic) bond motifs is 1. The monoisotopic (exact) mass is 313 g/mol. The third kappa shape index (κ3) is 2.78. The molecule has 0 atom stereocenters. The van der Waals surface area contributed by atoms with Gasteiger partial charge in [-0.15, -0.1) is 0 Å². The van der Waals surface area contributed by atoms with Crippen LogP contribution in [-0.2, 0) is 0 Å². The van der Waals surface area contributed by atoms with E-state index in [1.54, 1.807) is 4.90 Å². The first-order valence-electron chi connectivity index (χ1n) is 7.20. The number of halogens is 1. The molecule has 2 aromatic rings. The maximum absolute atomic E-state index is 12.5. The smallest absolute Gasteiger partial charge is 0.258 e. The van der Waals surface area contributed by atoms with Crippen molar-refractivity contribution >= 4 is 29.3 Å². The number of aliphatic hydroxyl groups is 1. The van der Waals surface area contributed by atoms with E-state index in [1.807, 2.05) is 54.6 Å². The van der Waals surface area contributed by atoms with Gasteiger partial charge < -0.3 is 10.0 Å². The van der Waals surface area contributed by atoms with Crippen LogP contribution in [0.25, 0.3) is 11.8 Å². The van der Waals surface area contributed by atoms with Gasteiger partial charge in [0.1, 0.15) is 0 Å². The summed E-state index contributed by atoms with van der Waals surface area (Å²) in [5, 5.41) is 9.75. The van der Waals surface area contributed by atoms with Gasteiger partial charge >= 0.3 is 0 Å². The Hall–Kier alpha value is -2.10. The quantitative estimate of drug-likeness (QED) is 0.935. The summed E-state index contributed by atoms with van der Waals surface area (Å²) < 4.78 is 0. The topological polar surface area (TPSA) is 40.5 Å². The molecule has 4 heteroatoms. The number of hydrogen-bond acceptors (Lipinski definition) is 2. The van der Waals surface area contributed by atoms with Crippen LogP contribution in [0.2, 0.25) is 5.02 Å². The summed E-state index contributed by atoms with van der Waals surface area (Å²) in [6.45, 7) is 0.567. The van der Waals surface area contributed by atoms with Gasteiger partial charge in [0.15, 0.2) is 0 Å². The molecule has 22 heavy (non-hydrogen) atoms. The van der Waals surface area contributed by atoms with Crippen molar-refractivity contribution in [2.45, 2.75) is 6.42 Å². The number of amides is 1. The first-order valence-corrected chi connectivity index (χ1v) is 7.58. The molecule has 112 valence electrons. The van der Waals surface area contributed by atoms with Gasteiger partial charge in [0.2, 0.25) is 0 Å². The standard InChI is InChI=1S/C18H16ClNO2/c19-14-8-6-13(7-9-14)12-17-15-4-1-2-5-16(15)18(22)20(17)10-3-11-21/h1-2,4-9,12,21H,3,10-11H2. The fourth-order valence-electron chi connectivity index (χ4n) is 2.62. The molecule has 3 nitrogen and oxygen atoms in total. The minimum absolute atomic E-state index is 0.00994. The number of rotatable bonds is 4. The van der Waals surface area contributed by atoms with Gasteiger partial charge in [-0.2, -0.15) is 0 Å². The maximum Gasteiger partial charge on any atom is 0.258 e. The van der Waals surface area contributed by atoms with Crippen molar-refractivity contribution in [1.82, 2.24) is 4.90 Å². The van der Waals surface area contributed by atoms with Crippen LogP contribution in [0.4, 0.5) is 0 Å². The highest BCUT2D eigenvalue weighted by Crippen LogP contribution is 2.34. The second kappa shape index (κ2) is 6.34. The van der Waals surface area contributed by atoms with Gasteiger partial charge in [0.05, 0.1) is 5.70 Å². The molecular weight excluding hydrogens is 298 g/mol. The molecule has 1 aliphatic rings. The van der Waals surface area contributed by atoms with Gasteiger partial charge in [-0.1, -0.05) is 41.9 Å². The average molecular weight is 314 g/mol. The Morgan fingerprint density at radius 3 is 2.41 bits per heavy atom. The molecule has 0 bridgehead atoms. The van der Waals surface area contributed by atoms with Gasteiger partial charge in [0.25, 0.3) is 5.91 Å². The third-order valence-corrected chi connectivity index (χ3v) is 3.93. The van der Waals surface area contributed by atoms with Crippen molar-refractivity contribution in [1.29, 1.82) is 0 Å². The molecule has 1 heterocycles. The lowest BCUT2D eigenvalue weighted by Crippen LogP contribution is -2.24. The fraction of sp³-hybridized carbons (Fsp3) is 0.167. The second-order valence-electron chi connectivity index (χ2n) is 5.16. The molecule has 2 aromatic carbocycles. The van der Waals surface area contributed by atoms with E-state index in [-0.39, 0.29) is 12.5 Å². The Morgan fingerprint density at radius 2 is 1.73 bits per heavy atom. The average Bonchev–Trinajstić information content (AvgIpc) is 2.80. The Morgan fingerprint density at radius 1 is 1.05 bits per heavy atom. The molecule has 1 N–H and O–H groups in total. The molecule has 1 amide bonds. The van der Waals surface area contributed by atoms with E-state index in [0.29, 0.717) is 23.6 Å². The normalized spacial score (nSPS) is 15.5. The summed E-state index contributed by atoms with van der Waals surface area (Å²) in [4.78, 5) is 14.3. The van der Waals surface area contributed by atoms with Gasteiger partial charge in [-0.25, -0.2) is 0 Å². The van der Waals surface area contributed by atoms with Crippen molar-refractivity contribution in [3.05, 3.63) is 70.2 Å². The lowest BCUT2D eigenvalue weighted by atomic mass is 10.1. The lowest BCUT2D eigenvalue weighted by Gasteiger charge is -2.18. The molecule has 0 radical (unpaired) electrons. The SMILES string of the molecule is O=C1c2ccccc2C(=Cc2ccc(Cl)cc2)N1CCCO. The van der Waals surface area contributed by atoms with E-state index in [0.717, 1.165) is 16.8 Å². The molecule has 0 saturated heterocycles. The van der Waals surface area contributed by atoms with E-state index in [2.05, 4.69) is 0 Å². The molecule has 0 aliphatic carbocycles. The van der Waals surface area contributed by atoms with Crippen LogP contribution in [0, 0.1) is 0 Å². The van der Waals surface area contributed by atoms with Gasteiger partial charge in [-0.05, 0) is 36.3 Å². The number of nitrogens with zero attached hydrogens (tertiary/aromatic N) is 1. The molecule has 3 rings (SSSR count). The predicted molar refractivity (Wildman–Crippen MR) is 88.5 cm³/mol. The highest BCUT2D eigenvalue weighted by molar-refractivity contribution is 6.30. The number of hydrogen-bond donors (Lipinski definition) is 1. The number of carbonyl (C=O) groups is 1. The number of benzene rings is 2. The van der Waals surface area contributed by atoms with Crippen LogP contribution in [0.15, 0.2) is 48.5 Å². The Kier molecular flexibility index (Phi) is 4.27. The Balaban J connectivity index is 2.04. The van der Waals surface area contributed by atoms with Crippen LogP contribution in [0.3, 0.4) is 0 Å². The lowest BCUT2D eigenvalue weighted by molar-refractivity contribution is 0.0844. The Bertz CT molecular complexity index is 722. The molecule has 0 fully saturated rings. The zero-order chi connectivity index (χ0) is 15.5. The molecule has 0 saturated carbocycles. The first-order chi connectivity index (χ1) is 10.7. The van der Waals surface area contributed by atoms with Crippen molar-refractivity contribution in [3.8, 4) is 0 Å². The summed E-state index contributed by atoms with van der Waals surface area (Å²) in [7, 11) is 0. The molecule has 0 spiro atoms. The molecule has 0 aromatic heterocycles. The van der Waals surface area contributed by atoms with Crippen molar-refractivity contribution in [2.24, 2.45) is 0 Å². The van der Waals surface area contributed by atoms with E-state index < -0.39 is 0 Å². The largest absolute Gasteiger partial charge is 0.396 e. The summed E-state index contributed by atoms with van der Waals surface area (Å²) in [5.74, 6) is -0.00994. The predicted octanol–water partition coefficient (Wildman–Crippen LogP) is 3.68. The fourth-order valence-corrected chi connectivity index (χ4v) is 2.74. The van der Waals surface area contributed by atoms with E-state index in [1.165, 1.54) is 0 Å². The van der Waals surface area contributed by atoms with Crippen LogP contribution < -0.4 is 0 Å². The third-order valence-electron chi connectivity index (χ3n) is 3.68. The first kappa shape index (κ1) is 14.8. The van der Waals surface area contributed by atoms with E-state index in [9.17, 15) is 4.79 Å². The summed E-state index contributed by atoms with van der Waals surface area (Å²) in [6, 6.07) is 15.1. The van der Waals surface area contributed by atoms with Gasteiger partial charge in [-0.3, -0.25) is 4.79 Å². The zero-order valence-electron chi connectivity index (χ0n) is 12.0. The van der Waals surface area contributed by atoms with E-state index >= 15 is 0 Å². The number of aliphatic hydroxyl groups excluding tert-OH is 1. The molecule has 0 unspecified atom stereocenters. The molecule has 1 aliphatic heterocycles. The van der Waals surface area contributed by atoms with Gasteiger partial charge in [0, 0.05) is 29.3 Å². The maximum atomic E-state index is 12.5. The minimum Gasteiger partial charge on any atom is -0.396 e. The number of carbonyl (C=O) groups excluding carboxylic acids is 1. The summed E-state index contributed by atoms with van der Waals surface area (Å²) in [6.07, 6.45) is 2.54. The van der Waals surface area contributed by atoms with Crippen molar-refractivity contribution < 1.29 is 9.90 Å². The van der Waals surface area contributed by atoms with Crippen molar-refractivity contribution in [3.63, 3.8) is 0 Å². The van der Waals surface area contributed by atoms with Crippen LogP contribution in [0.1, 0.15) is 27.9 Å². The zero-order valence-corrected chi connectivity index (χ0v) is 12.8. The second-order valence-corrected chi connectivity index (χ2v) is 5.60. The van der Waals surface area contributed by atoms with Crippen LogP contribution in [-0.4, -0.2) is 29.1 Å². The Labute approximate surface area is 134 Å². The minimum atomic E-state index is -0.00994.